The molecule has 5 heteroatoms. The first-order valence-electron chi connectivity index (χ1n) is 6.31. The lowest BCUT2D eigenvalue weighted by Gasteiger charge is -2.17. The van der Waals surface area contributed by atoms with E-state index in [0.717, 1.165) is 30.2 Å². The molecular weight excluding hydrogens is 351 g/mol. The molecule has 0 aliphatic heterocycles. The Kier molecular flexibility index (Phi) is 4.25. The maximum atomic E-state index is 6.01. The van der Waals surface area contributed by atoms with E-state index in [9.17, 15) is 0 Å². The highest BCUT2D eigenvalue weighted by Gasteiger charge is 2.13. The van der Waals surface area contributed by atoms with Gasteiger partial charge in [0.1, 0.15) is 5.82 Å². The molecule has 4 nitrogen and oxygen atoms in total. The third kappa shape index (κ3) is 4.01. The summed E-state index contributed by atoms with van der Waals surface area (Å²) in [7, 11) is 0. The Bertz CT molecular complexity index is 552. The zero-order chi connectivity index (χ0) is 14.0. The van der Waals surface area contributed by atoms with Crippen LogP contribution in [0.3, 0.4) is 0 Å². The van der Waals surface area contributed by atoms with E-state index in [4.69, 9.17) is 5.73 Å². The standard InChI is InChI=1S/C14H19IN4/c1-10-17-13(11-4-6-12(15)7-5-11)18-19(10)9-8-14(2,3)16/h4-7H,8-9,16H2,1-3H3. The molecule has 2 aromatic rings. The molecule has 0 saturated carbocycles. The number of halogens is 1. The highest BCUT2D eigenvalue weighted by molar-refractivity contribution is 14.1. The molecule has 0 saturated heterocycles. The fraction of sp³-hybridized carbons (Fsp3) is 0.429. The number of aromatic nitrogens is 3. The Balaban J connectivity index is 2.19. The summed E-state index contributed by atoms with van der Waals surface area (Å²) < 4.78 is 3.14. The summed E-state index contributed by atoms with van der Waals surface area (Å²) in [5, 5.41) is 4.56. The third-order valence-electron chi connectivity index (χ3n) is 2.93. The minimum Gasteiger partial charge on any atom is -0.325 e. The number of rotatable bonds is 4. The van der Waals surface area contributed by atoms with Crippen LogP contribution >= 0.6 is 22.6 Å². The van der Waals surface area contributed by atoms with Crippen LogP contribution in [0.1, 0.15) is 26.1 Å². The van der Waals surface area contributed by atoms with E-state index in [2.05, 4.69) is 44.8 Å². The first-order chi connectivity index (χ1) is 8.85. The van der Waals surface area contributed by atoms with E-state index in [1.54, 1.807) is 0 Å². The maximum Gasteiger partial charge on any atom is 0.181 e. The van der Waals surface area contributed by atoms with Gasteiger partial charge in [-0.2, -0.15) is 5.10 Å². The van der Waals surface area contributed by atoms with Crippen LogP contribution < -0.4 is 5.73 Å². The molecule has 2 N–H and O–H groups in total. The number of hydrogen-bond acceptors (Lipinski definition) is 3. The Labute approximate surface area is 127 Å². The van der Waals surface area contributed by atoms with Gasteiger partial charge in [-0.3, -0.25) is 0 Å². The summed E-state index contributed by atoms with van der Waals surface area (Å²) >= 11 is 2.29. The molecule has 0 radical (unpaired) electrons. The second-order valence-electron chi connectivity index (χ2n) is 5.45. The molecule has 0 bridgehead atoms. The van der Waals surface area contributed by atoms with Crippen LogP contribution in [0.2, 0.25) is 0 Å². The normalized spacial score (nSPS) is 11.8. The lowest BCUT2D eigenvalue weighted by Crippen LogP contribution is -2.33. The van der Waals surface area contributed by atoms with Gasteiger partial charge in [0, 0.05) is 21.2 Å². The minimum atomic E-state index is -0.179. The zero-order valence-corrected chi connectivity index (χ0v) is 13.7. The topological polar surface area (TPSA) is 56.7 Å². The molecule has 0 atom stereocenters. The summed E-state index contributed by atoms with van der Waals surface area (Å²) in [5.74, 6) is 1.71. The van der Waals surface area contributed by atoms with Crippen molar-refractivity contribution < 1.29 is 0 Å². The molecular formula is C14H19IN4. The Morgan fingerprint density at radius 1 is 1.26 bits per heavy atom. The van der Waals surface area contributed by atoms with Crippen molar-refractivity contribution in [1.29, 1.82) is 0 Å². The molecule has 0 spiro atoms. The van der Waals surface area contributed by atoms with Gasteiger partial charge in [-0.05, 0) is 61.9 Å². The second-order valence-corrected chi connectivity index (χ2v) is 6.70. The summed E-state index contributed by atoms with van der Waals surface area (Å²) in [6, 6.07) is 8.23. The van der Waals surface area contributed by atoms with Crippen molar-refractivity contribution in [2.45, 2.75) is 39.3 Å². The van der Waals surface area contributed by atoms with Gasteiger partial charge in [-0.25, -0.2) is 9.67 Å². The predicted molar refractivity (Wildman–Crippen MR) is 85.8 cm³/mol. The van der Waals surface area contributed by atoms with Gasteiger partial charge >= 0.3 is 0 Å². The SMILES string of the molecule is Cc1nc(-c2ccc(I)cc2)nn1CCC(C)(C)N. The molecule has 19 heavy (non-hydrogen) atoms. The van der Waals surface area contributed by atoms with Gasteiger partial charge in [0.05, 0.1) is 0 Å². The number of nitrogens with zero attached hydrogens (tertiary/aromatic N) is 3. The van der Waals surface area contributed by atoms with Crippen LogP contribution in [-0.2, 0) is 6.54 Å². The fourth-order valence-corrected chi connectivity index (χ4v) is 2.11. The zero-order valence-electron chi connectivity index (χ0n) is 11.5. The van der Waals surface area contributed by atoms with E-state index in [-0.39, 0.29) is 5.54 Å². The van der Waals surface area contributed by atoms with Crippen molar-refractivity contribution in [1.82, 2.24) is 14.8 Å². The van der Waals surface area contributed by atoms with Crippen LogP contribution in [0.25, 0.3) is 11.4 Å². The first-order valence-corrected chi connectivity index (χ1v) is 7.39. The van der Waals surface area contributed by atoms with Gasteiger partial charge in [0.25, 0.3) is 0 Å². The van der Waals surface area contributed by atoms with E-state index >= 15 is 0 Å². The first kappa shape index (κ1) is 14.5. The molecule has 0 amide bonds. The maximum absolute atomic E-state index is 6.01. The summed E-state index contributed by atoms with van der Waals surface area (Å²) in [6.45, 7) is 6.83. The average molecular weight is 370 g/mol. The molecule has 1 aromatic carbocycles. The molecule has 0 aliphatic rings. The largest absolute Gasteiger partial charge is 0.325 e. The molecule has 0 fully saturated rings. The Morgan fingerprint density at radius 2 is 1.89 bits per heavy atom. The summed E-state index contributed by atoms with van der Waals surface area (Å²) in [4.78, 5) is 4.52. The Hall–Kier alpha value is -0.950. The lowest BCUT2D eigenvalue weighted by atomic mass is 10.0. The number of aryl methyl sites for hydroxylation is 2. The predicted octanol–water partition coefficient (Wildman–Crippen LogP) is 2.99. The molecule has 0 unspecified atom stereocenters. The van der Waals surface area contributed by atoms with E-state index in [1.165, 1.54) is 3.57 Å². The van der Waals surface area contributed by atoms with Crippen molar-refractivity contribution in [2.24, 2.45) is 5.73 Å². The van der Waals surface area contributed by atoms with Crippen molar-refractivity contribution in [2.75, 3.05) is 0 Å². The van der Waals surface area contributed by atoms with Gasteiger partial charge < -0.3 is 5.73 Å². The quantitative estimate of drug-likeness (QED) is 0.842. The molecule has 102 valence electrons. The van der Waals surface area contributed by atoms with E-state index in [1.807, 2.05) is 37.6 Å². The van der Waals surface area contributed by atoms with Crippen LogP contribution in [0.15, 0.2) is 24.3 Å². The van der Waals surface area contributed by atoms with E-state index < -0.39 is 0 Å². The fourth-order valence-electron chi connectivity index (χ4n) is 1.75. The van der Waals surface area contributed by atoms with Crippen molar-refractivity contribution in [3.63, 3.8) is 0 Å². The summed E-state index contributed by atoms with van der Waals surface area (Å²) in [5.41, 5.74) is 6.88. The molecule has 1 heterocycles. The third-order valence-corrected chi connectivity index (χ3v) is 3.65. The smallest absolute Gasteiger partial charge is 0.181 e. The number of nitrogens with two attached hydrogens (primary N) is 1. The van der Waals surface area contributed by atoms with Crippen molar-refractivity contribution in [3.8, 4) is 11.4 Å². The molecule has 1 aromatic heterocycles. The van der Waals surface area contributed by atoms with Crippen molar-refractivity contribution in [3.05, 3.63) is 33.7 Å². The van der Waals surface area contributed by atoms with Gasteiger partial charge in [-0.15, -0.1) is 0 Å². The Morgan fingerprint density at radius 3 is 2.47 bits per heavy atom. The van der Waals surface area contributed by atoms with Crippen LogP contribution in [-0.4, -0.2) is 20.3 Å². The monoisotopic (exact) mass is 370 g/mol. The second kappa shape index (κ2) is 5.58. The van der Waals surface area contributed by atoms with Crippen LogP contribution in [0.5, 0.6) is 0 Å². The van der Waals surface area contributed by atoms with E-state index in [0.29, 0.717) is 0 Å². The molecule has 2 rings (SSSR count). The van der Waals surface area contributed by atoms with Gasteiger partial charge in [0.15, 0.2) is 5.82 Å². The summed E-state index contributed by atoms with van der Waals surface area (Å²) in [6.07, 6.45) is 0.878. The van der Waals surface area contributed by atoms with Crippen molar-refractivity contribution >= 4 is 22.6 Å². The van der Waals surface area contributed by atoms with Crippen LogP contribution in [0.4, 0.5) is 0 Å². The average Bonchev–Trinajstić information content (AvgIpc) is 2.68. The highest BCUT2D eigenvalue weighted by atomic mass is 127. The lowest BCUT2D eigenvalue weighted by molar-refractivity contribution is 0.416. The molecule has 0 aliphatic carbocycles. The number of hydrogen-bond donors (Lipinski definition) is 1. The minimum absolute atomic E-state index is 0.179. The number of benzene rings is 1. The highest BCUT2D eigenvalue weighted by Crippen LogP contribution is 2.18. The van der Waals surface area contributed by atoms with Crippen LogP contribution in [0, 0.1) is 10.5 Å². The van der Waals surface area contributed by atoms with Gasteiger partial charge in [-0.1, -0.05) is 12.1 Å². The van der Waals surface area contributed by atoms with Gasteiger partial charge in [0.2, 0.25) is 0 Å².